The average Bonchev–Trinajstić information content (AvgIpc) is 3.23. The molecule has 0 aliphatic carbocycles. The molecule has 32 heavy (non-hydrogen) atoms. The van der Waals surface area contributed by atoms with Gasteiger partial charge in [0, 0.05) is 10.9 Å². The highest BCUT2D eigenvalue weighted by atomic mass is 32.2. The number of anilines is 1. The number of rotatable bonds is 7. The van der Waals surface area contributed by atoms with E-state index >= 15 is 0 Å². The van der Waals surface area contributed by atoms with Crippen LogP contribution in [0.5, 0.6) is 5.75 Å². The summed E-state index contributed by atoms with van der Waals surface area (Å²) in [6, 6.07) is 12.1. The molecule has 162 valence electrons. The number of carbonyl (C=O) groups is 1. The fourth-order valence-electron chi connectivity index (χ4n) is 2.91. The van der Waals surface area contributed by atoms with Crippen molar-refractivity contribution in [2.75, 3.05) is 18.2 Å². The fourth-order valence-corrected chi connectivity index (χ4v) is 4.91. The molecule has 2 heterocycles. The Morgan fingerprint density at radius 2 is 2.00 bits per heavy atom. The molecule has 1 amide bonds. The first-order valence-electron chi connectivity index (χ1n) is 9.20. The predicted molar refractivity (Wildman–Crippen MR) is 122 cm³/mol. The largest absolute Gasteiger partial charge is 0.494 e. The van der Waals surface area contributed by atoms with Gasteiger partial charge in [-0.05, 0) is 29.8 Å². The van der Waals surface area contributed by atoms with Crippen LogP contribution in [0.15, 0.2) is 59.9 Å². The standard InChI is InChI=1S/C21H15FN4O4S2/c1-30-17-8-14(26(28)29)6-7-15(17)25-19(27)10-31-21-20-16(23-11-24-21)9-18(32-20)12-2-4-13(22)5-3-12/h2-9,11H,10H2,1H3,(H,25,27). The molecule has 0 aliphatic heterocycles. The highest BCUT2D eigenvalue weighted by molar-refractivity contribution is 8.00. The molecule has 11 heteroatoms. The number of benzene rings is 2. The molecule has 4 rings (SSSR count). The SMILES string of the molecule is COc1cc([N+](=O)[O-])ccc1NC(=O)CSc1ncnc2cc(-c3ccc(F)cc3)sc12. The van der Waals surface area contributed by atoms with E-state index in [1.54, 1.807) is 12.1 Å². The number of aromatic nitrogens is 2. The molecule has 2 aromatic heterocycles. The summed E-state index contributed by atoms with van der Waals surface area (Å²) >= 11 is 2.71. The molecular weight excluding hydrogens is 455 g/mol. The number of nitrogens with zero attached hydrogens (tertiary/aromatic N) is 3. The van der Waals surface area contributed by atoms with Crippen LogP contribution in [0, 0.1) is 15.9 Å². The fraction of sp³-hybridized carbons (Fsp3) is 0.0952. The van der Waals surface area contributed by atoms with Crippen molar-refractivity contribution in [1.29, 1.82) is 0 Å². The lowest BCUT2D eigenvalue weighted by Crippen LogP contribution is -2.15. The lowest BCUT2D eigenvalue weighted by atomic mass is 10.2. The van der Waals surface area contributed by atoms with Gasteiger partial charge in [-0.1, -0.05) is 23.9 Å². The Kier molecular flexibility index (Phi) is 6.28. The number of non-ortho nitro benzene ring substituents is 1. The van der Waals surface area contributed by atoms with Crippen LogP contribution in [0.4, 0.5) is 15.8 Å². The second-order valence-electron chi connectivity index (χ2n) is 6.49. The van der Waals surface area contributed by atoms with Crippen LogP contribution in [0.2, 0.25) is 0 Å². The second-order valence-corrected chi connectivity index (χ2v) is 8.51. The van der Waals surface area contributed by atoms with Crippen LogP contribution in [-0.2, 0) is 4.79 Å². The Morgan fingerprint density at radius 1 is 1.22 bits per heavy atom. The summed E-state index contributed by atoms with van der Waals surface area (Å²) in [5.41, 5.74) is 1.82. The summed E-state index contributed by atoms with van der Waals surface area (Å²) in [7, 11) is 1.37. The third-order valence-corrected chi connectivity index (χ3v) is 6.72. The number of nitro groups is 1. The van der Waals surface area contributed by atoms with E-state index in [2.05, 4.69) is 15.3 Å². The summed E-state index contributed by atoms with van der Waals surface area (Å²) < 4.78 is 19.2. The Labute approximate surface area is 189 Å². The summed E-state index contributed by atoms with van der Waals surface area (Å²) in [4.78, 5) is 32.3. The molecule has 4 aromatic rings. The lowest BCUT2D eigenvalue weighted by molar-refractivity contribution is -0.384. The Hall–Kier alpha value is -3.57. The Bertz CT molecular complexity index is 1310. The minimum atomic E-state index is -0.536. The molecular formula is C21H15FN4O4S2. The molecule has 0 atom stereocenters. The smallest absolute Gasteiger partial charge is 0.273 e. The highest BCUT2D eigenvalue weighted by Crippen LogP contribution is 2.37. The van der Waals surface area contributed by atoms with Gasteiger partial charge in [0.1, 0.15) is 22.9 Å². The van der Waals surface area contributed by atoms with Gasteiger partial charge in [0.25, 0.3) is 5.69 Å². The summed E-state index contributed by atoms with van der Waals surface area (Å²) in [5.74, 6) is -0.356. The number of carbonyl (C=O) groups excluding carboxylic acids is 1. The number of hydrogen-bond donors (Lipinski definition) is 1. The molecule has 2 aromatic carbocycles. The molecule has 0 unspecified atom stereocenters. The van der Waals surface area contributed by atoms with Crippen molar-refractivity contribution >= 4 is 50.6 Å². The first kappa shape index (κ1) is 21.7. The number of methoxy groups -OCH3 is 1. The molecule has 0 radical (unpaired) electrons. The third kappa shape index (κ3) is 4.68. The van der Waals surface area contributed by atoms with Crippen LogP contribution < -0.4 is 10.1 Å². The number of halogens is 1. The van der Waals surface area contributed by atoms with Crippen LogP contribution >= 0.6 is 23.1 Å². The molecule has 0 spiro atoms. The maximum absolute atomic E-state index is 13.2. The van der Waals surface area contributed by atoms with Crippen molar-refractivity contribution in [2.24, 2.45) is 0 Å². The predicted octanol–water partition coefficient (Wildman–Crippen LogP) is 5.15. The zero-order valence-electron chi connectivity index (χ0n) is 16.6. The Balaban J connectivity index is 1.49. The monoisotopic (exact) mass is 470 g/mol. The second kappa shape index (κ2) is 9.28. The van der Waals surface area contributed by atoms with Crippen molar-refractivity contribution < 1.29 is 18.8 Å². The van der Waals surface area contributed by atoms with Gasteiger partial charge in [0.05, 0.1) is 39.8 Å². The topological polar surface area (TPSA) is 107 Å². The van der Waals surface area contributed by atoms with E-state index in [1.807, 2.05) is 6.07 Å². The van der Waals surface area contributed by atoms with Gasteiger partial charge in [-0.15, -0.1) is 11.3 Å². The van der Waals surface area contributed by atoms with Crippen LogP contribution in [0.1, 0.15) is 0 Å². The molecule has 0 aliphatic rings. The van der Waals surface area contributed by atoms with Crippen molar-refractivity contribution in [2.45, 2.75) is 5.03 Å². The zero-order valence-corrected chi connectivity index (χ0v) is 18.2. The van der Waals surface area contributed by atoms with E-state index in [1.165, 1.54) is 66.9 Å². The van der Waals surface area contributed by atoms with Gasteiger partial charge < -0.3 is 10.1 Å². The number of thiophene rings is 1. The minimum absolute atomic E-state index is 0.0655. The summed E-state index contributed by atoms with van der Waals surface area (Å²) in [6.45, 7) is 0. The first-order chi connectivity index (χ1) is 15.4. The highest BCUT2D eigenvalue weighted by Gasteiger charge is 2.15. The van der Waals surface area contributed by atoms with Gasteiger partial charge in [0.15, 0.2) is 0 Å². The molecule has 1 N–H and O–H groups in total. The lowest BCUT2D eigenvalue weighted by Gasteiger charge is -2.09. The number of thioether (sulfide) groups is 1. The van der Waals surface area contributed by atoms with Crippen molar-refractivity contribution in [3.63, 3.8) is 0 Å². The number of ether oxygens (including phenoxy) is 1. The van der Waals surface area contributed by atoms with E-state index in [-0.39, 0.29) is 28.9 Å². The third-order valence-electron chi connectivity index (χ3n) is 4.42. The van der Waals surface area contributed by atoms with Crippen LogP contribution in [-0.4, -0.2) is 33.7 Å². The zero-order chi connectivity index (χ0) is 22.7. The van der Waals surface area contributed by atoms with Crippen molar-refractivity contribution in [3.8, 4) is 16.2 Å². The van der Waals surface area contributed by atoms with E-state index in [9.17, 15) is 19.3 Å². The van der Waals surface area contributed by atoms with Crippen LogP contribution in [0.25, 0.3) is 20.7 Å². The number of hydrogen-bond acceptors (Lipinski definition) is 8. The number of nitrogens with one attached hydrogen (secondary N) is 1. The number of nitro benzene ring substituents is 1. The van der Waals surface area contributed by atoms with Gasteiger partial charge in [-0.2, -0.15) is 0 Å². The first-order valence-corrected chi connectivity index (χ1v) is 11.0. The molecule has 0 saturated carbocycles. The molecule has 0 saturated heterocycles. The minimum Gasteiger partial charge on any atom is -0.494 e. The van der Waals surface area contributed by atoms with Crippen molar-refractivity contribution in [3.05, 3.63) is 70.8 Å². The maximum atomic E-state index is 13.2. The van der Waals surface area contributed by atoms with Gasteiger partial charge in [-0.25, -0.2) is 14.4 Å². The van der Waals surface area contributed by atoms with Crippen molar-refractivity contribution in [1.82, 2.24) is 9.97 Å². The average molecular weight is 471 g/mol. The van der Waals surface area contributed by atoms with E-state index in [0.29, 0.717) is 10.7 Å². The van der Waals surface area contributed by atoms with Crippen LogP contribution in [0.3, 0.4) is 0 Å². The van der Waals surface area contributed by atoms with E-state index in [4.69, 9.17) is 4.74 Å². The van der Waals surface area contributed by atoms with E-state index in [0.717, 1.165) is 20.7 Å². The number of fused-ring (bicyclic) bond motifs is 1. The molecule has 0 fully saturated rings. The van der Waals surface area contributed by atoms with Gasteiger partial charge in [-0.3, -0.25) is 14.9 Å². The molecule has 0 bridgehead atoms. The number of amides is 1. The maximum Gasteiger partial charge on any atom is 0.273 e. The normalized spacial score (nSPS) is 10.8. The quantitative estimate of drug-likeness (QED) is 0.172. The summed E-state index contributed by atoms with van der Waals surface area (Å²) in [5, 5.41) is 14.3. The Morgan fingerprint density at radius 3 is 2.72 bits per heavy atom. The van der Waals surface area contributed by atoms with Gasteiger partial charge in [0.2, 0.25) is 5.91 Å². The van der Waals surface area contributed by atoms with E-state index < -0.39 is 4.92 Å². The van der Waals surface area contributed by atoms with Gasteiger partial charge >= 0.3 is 0 Å². The summed E-state index contributed by atoms with van der Waals surface area (Å²) in [6.07, 6.45) is 1.43. The molecule has 8 nitrogen and oxygen atoms in total.